The molecule has 0 aliphatic rings. The fourth-order valence-corrected chi connectivity index (χ4v) is 3.25. The SMILES string of the molecule is Cc1ccc(COc2nn3c(-c4noc(C)n4)nnc3c3ccccc23)c(C#N)c1. The molecule has 146 valence electrons. The van der Waals surface area contributed by atoms with Gasteiger partial charge in [-0.1, -0.05) is 35.5 Å². The van der Waals surface area contributed by atoms with E-state index in [2.05, 4.69) is 31.5 Å². The van der Waals surface area contributed by atoms with Crippen LogP contribution >= 0.6 is 0 Å². The molecule has 30 heavy (non-hydrogen) atoms. The third-order valence-corrected chi connectivity index (χ3v) is 4.71. The molecule has 0 N–H and O–H groups in total. The van der Waals surface area contributed by atoms with Crippen LogP contribution in [0.2, 0.25) is 0 Å². The van der Waals surface area contributed by atoms with Crippen molar-refractivity contribution in [3.05, 3.63) is 65.0 Å². The first-order valence-corrected chi connectivity index (χ1v) is 9.21. The fraction of sp³-hybridized carbons (Fsp3) is 0.143. The van der Waals surface area contributed by atoms with Crippen LogP contribution in [0.15, 0.2) is 47.0 Å². The lowest BCUT2D eigenvalue weighted by Gasteiger charge is -2.11. The zero-order valence-electron chi connectivity index (χ0n) is 16.2. The van der Waals surface area contributed by atoms with Gasteiger partial charge in [0.1, 0.15) is 6.61 Å². The average Bonchev–Trinajstić information content (AvgIpc) is 3.38. The van der Waals surface area contributed by atoms with Crippen LogP contribution in [-0.4, -0.2) is 30.0 Å². The minimum absolute atomic E-state index is 0.199. The summed E-state index contributed by atoms with van der Waals surface area (Å²) < 4.78 is 12.7. The summed E-state index contributed by atoms with van der Waals surface area (Å²) in [6.07, 6.45) is 0. The van der Waals surface area contributed by atoms with E-state index in [0.717, 1.165) is 21.9 Å². The Kier molecular flexibility index (Phi) is 4.10. The van der Waals surface area contributed by atoms with E-state index in [1.807, 2.05) is 49.4 Å². The van der Waals surface area contributed by atoms with Crippen molar-refractivity contribution in [1.29, 1.82) is 5.26 Å². The van der Waals surface area contributed by atoms with Crippen LogP contribution in [0.1, 0.15) is 22.6 Å². The van der Waals surface area contributed by atoms with Gasteiger partial charge >= 0.3 is 0 Å². The number of rotatable bonds is 4. The summed E-state index contributed by atoms with van der Waals surface area (Å²) in [5.74, 6) is 1.45. The lowest BCUT2D eigenvalue weighted by atomic mass is 10.1. The maximum absolute atomic E-state index is 9.43. The van der Waals surface area contributed by atoms with Gasteiger partial charge in [-0.3, -0.25) is 0 Å². The largest absolute Gasteiger partial charge is 0.471 e. The quantitative estimate of drug-likeness (QED) is 0.453. The minimum atomic E-state index is 0.199. The highest BCUT2D eigenvalue weighted by Gasteiger charge is 2.19. The van der Waals surface area contributed by atoms with Crippen LogP contribution in [0.4, 0.5) is 0 Å². The lowest BCUT2D eigenvalue weighted by molar-refractivity contribution is 0.293. The molecule has 0 atom stereocenters. The fourth-order valence-electron chi connectivity index (χ4n) is 3.25. The predicted molar refractivity (Wildman–Crippen MR) is 107 cm³/mol. The average molecular weight is 397 g/mol. The van der Waals surface area contributed by atoms with Crippen molar-refractivity contribution < 1.29 is 9.26 Å². The van der Waals surface area contributed by atoms with Gasteiger partial charge in [0, 0.05) is 23.3 Å². The number of hydrogen-bond acceptors (Lipinski definition) is 8. The van der Waals surface area contributed by atoms with Crippen LogP contribution in [-0.2, 0) is 6.61 Å². The molecule has 0 amide bonds. The second kappa shape index (κ2) is 6.93. The second-order valence-electron chi connectivity index (χ2n) is 6.81. The summed E-state index contributed by atoms with van der Waals surface area (Å²) in [5.41, 5.74) is 2.94. The zero-order chi connectivity index (χ0) is 20.7. The minimum Gasteiger partial charge on any atom is -0.471 e. The maximum Gasteiger partial charge on any atom is 0.242 e. The van der Waals surface area contributed by atoms with Crippen molar-refractivity contribution in [3.63, 3.8) is 0 Å². The number of nitrogens with zero attached hydrogens (tertiary/aromatic N) is 7. The molecule has 5 rings (SSSR count). The van der Waals surface area contributed by atoms with E-state index in [-0.39, 0.29) is 6.61 Å². The van der Waals surface area contributed by atoms with Crippen molar-refractivity contribution in [1.82, 2.24) is 30.0 Å². The highest BCUT2D eigenvalue weighted by molar-refractivity contribution is 5.96. The first-order valence-electron chi connectivity index (χ1n) is 9.21. The number of nitriles is 1. The van der Waals surface area contributed by atoms with Gasteiger partial charge < -0.3 is 9.26 Å². The Morgan fingerprint density at radius 3 is 2.70 bits per heavy atom. The van der Waals surface area contributed by atoms with Gasteiger partial charge in [0.15, 0.2) is 5.65 Å². The van der Waals surface area contributed by atoms with E-state index in [0.29, 0.717) is 34.6 Å². The van der Waals surface area contributed by atoms with Crippen molar-refractivity contribution in [2.75, 3.05) is 0 Å². The Hall–Kier alpha value is -4.32. The van der Waals surface area contributed by atoms with Gasteiger partial charge in [-0.25, -0.2) is 0 Å². The molecule has 0 aliphatic carbocycles. The Morgan fingerprint density at radius 1 is 1.10 bits per heavy atom. The van der Waals surface area contributed by atoms with Crippen LogP contribution < -0.4 is 4.74 Å². The monoisotopic (exact) mass is 397 g/mol. The normalized spacial score (nSPS) is 11.1. The Morgan fingerprint density at radius 2 is 1.93 bits per heavy atom. The molecule has 5 aromatic rings. The summed E-state index contributed by atoms with van der Waals surface area (Å²) in [6, 6.07) is 15.5. The van der Waals surface area contributed by atoms with Crippen LogP contribution in [0.25, 0.3) is 28.1 Å². The number of hydrogen-bond donors (Lipinski definition) is 0. The summed E-state index contributed by atoms with van der Waals surface area (Å²) in [5, 5.41) is 28.0. The molecule has 3 aromatic heterocycles. The summed E-state index contributed by atoms with van der Waals surface area (Å²) in [4.78, 5) is 4.22. The van der Waals surface area contributed by atoms with E-state index in [4.69, 9.17) is 9.26 Å². The van der Waals surface area contributed by atoms with E-state index in [1.54, 1.807) is 11.4 Å². The molecule has 0 fully saturated rings. The number of fused-ring (bicyclic) bond motifs is 3. The molecule has 0 radical (unpaired) electrons. The zero-order valence-corrected chi connectivity index (χ0v) is 16.2. The molecule has 9 nitrogen and oxygen atoms in total. The number of benzene rings is 2. The van der Waals surface area contributed by atoms with Crippen LogP contribution in [0, 0.1) is 25.2 Å². The van der Waals surface area contributed by atoms with E-state index >= 15 is 0 Å². The van der Waals surface area contributed by atoms with E-state index < -0.39 is 0 Å². The molecule has 9 heteroatoms. The number of aromatic nitrogens is 6. The highest BCUT2D eigenvalue weighted by atomic mass is 16.5. The highest BCUT2D eigenvalue weighted by Crippen LogP contribution is 2.29. The van der Waals surface area contributed by atoms with Crippen molar-refractivity contribution in [2.45, 2.75) is 20.5 Å². The van der Waals surface area contributed by atoms with Crippen molar-refractivity contribution in [2.24, 2.45) is 0 Å². The molecule has 0 bridgehead atoms. The first-order chi connectivity index (χ1) is 14.6. The van der Waals surface area contributed by atoms with E-state index in [9.17, 15) is 5.26 Å². The molecule has 2 aromatic carbocycles. The molecule has 0 spiro atoms. The second-order valence-corrected chi connectivity index (χ2v) is 6.81. The van der Waals surface area contributed by atoms with Crippen LogP contribution in [0.5, 0.6) is 5.88 Å². The van der Waals surface area contributed by atoms with Gasteiger partial charge in [-0.05, 0) is 24.6 Å². The van der Waals surface area contributed by atoms with Gasteiger partial charge in [-0.15, -0.1) is 15.3 Å². The van der Waals surface area contributed by atoms with Gasteiger partial charge in [-0.2, -0.15) is 14.8 Å². The third kappa shape index (κ3) is 2.91. The Bertz CT molecular complexity index is 1450. The predicted octanol–water partition coefficient (Wildman–Crippen LogP) is 3.40. The Balaban J connectivity index is 1.63. The number of aryl methyl sites for hydroxylation is 2. The molecule has 0 aliphatic heterocycles. The smallest absolute Gasteiger partial charge is 0.242 e. The van der Waals surface area contributed by atoms with Gasteiger partial charge in [0.2, 0.25) is 23.4 Å². The van der Waals surface area contributed by atoms with Gasteiger partial charge in [0.05, 0.1) is 11.6 Å². The molecular formula is C21H15N7O2. The third-order valence-electron chi connectivity index (χ3n) is 4.71. The molecule has 0 saturated carbocycles. The van der Waals surface area contributed by atoms with Crippen molar-refractivity contribution >= 4 is 16.4 Å². The van der Waals surface area contributed by atoms with E-state index in [1.165, 1.54) is 0 Å². The first kappa shape index (κ1) is 17.8. The summed E-state index contributed by atoms with van der Waals surface area (Å²) >= 11 is 0. The lowest BCUT2D eigenvalue weighted by Crippen LogP contribution is -2.05. The summed E-state index contributed by atoms with van der Waals surface area (Å²) in [6.45, 7) is 3.84. The van der Waals surface area contributed by atoms with Crippen LogP contribution in [0.3, 0.4) is 0 Å². The standard InChI is InChI=1S/C21H15N7O2/c1-12-7-8-14(15(9-12)10-22)11-29-21-17-6-4-3-5-16(17)19-24-25-20(28(19)26-21)18-23-13(2)30-27-18/h3-9H,11H2,1-2H3. The maximum atomic E-state index is 9.43. The molecule has 0 saturated heterocycles. The molecule has 3 heterocycles. The molecular weight excluding hydrogens is 382 g/mol. The van der Waals surface area contributed by atoms with Gasteiger partial charge in [0.25, 0.3) is 0 Å². The topological polar surface area (TPSA) is 115 Å². The number of ether oxygens (including phenoxy) is 1. The van der Waals surface area contributed by atoms with Crippen molar-refractivity contribution in [3.8, 4) is 23.6 Å². The Labute approximate surface area is 170 Å². The summed E-state index contributed by atoms with van der Waals surface area (Å²) in [7, 11) is 0. The molecule has 0 unspecified atom stereocenters.